The van der Waals surface area contributed by atoms with E-state index in [1.165, 1.54) is 0 Å². The van der Waals surface area contributed by atoms with Crippen LogP contribution in [0.1, 0.15) is 73.0 Å². The molecule has 0 saturated heterocycles. The summed E-state index contributed by atoms with van der Waals surface area (Å²) < 4.78 is 2.23. The van der Waals surface area contributed by atoms with Crippen molar-refractivity contribution in [1.82, 2.24) is 4.57 Å². The largest absolute Gasteiger partial charge is 0.395 e. The number of carbonyl (C=O) groups is 2. The summed E-state index contributed by atoms with van der Waals surface area (Å²) in [6.45, 7) is 6.44. The van der Waals surface area contributed by atoms with E-state index in [4.69, 9.17) is 4.84 Å². The van der Waals surface area contributed by atoms with E-state index in [0.29, 0.717) is 29.7 Å². The second-order valence-corrected chi connectivity index (χ2v) is 10.4. The Morgan fingerprint density at radius 1 is 0.947 bits per heavy atom. The van der Waals surface area contributed by atoms with Crippen molar-refractivity contribution < 1.29 is 19.5 Å². The van der Waals surface area contributed by atoms with Crippen molar-refractivity contribution in [2.24, 2.45) is 10.6 Å². The van der Waals surface area contributed by atoms with Crippen LogP contribution in [-0.2, 0) is 16.2 Å². The van der Waals surface area contributed by atoms with Crippen LogP contribution in [0.2, 0.25) is 0 Å². The average molecular weight is 511 g/mol. The molecule has 0 radical (unpaired) electrons. The van der Waals surface area contributed by atoms with E-state index in [1.54, 1.807) is 0 Å². The van der Waals surface area contributed by atoms with Gasteiger partial charge in [0, 0.05) is 39.5 Å². The molecule has 3 aromatic carbocycles. The van der Waals surface area contributed by atoms with Crippen LogP contribution in [0.15, 0.2) is 65.8 Å². The molecule has 1 saturated carbocycles. The van der Waals surface area contributed by atoms with Gasteiger partial charge in [-0.25, -0.2) is 4.79 Å². The number of oxime groups is 1. The predicted molar refractivity (Wildman–Crippen MR) is 151 cm³/mol. The van der Waals surface area contributed by atoms with Crippen LogP contribution in [0.4, 0.5) is 0 Å². The maximum absolute atomic E-state index is 13.3. The van der Waals surface area contributed by atoms with Crippen LogP contribution in [0, 0.1) is 12.3 Å². The summed E-state index contributed by atoms with van der Waals surface area (Å²) in [7, 11) is 0. The Labute approximate surface area is 222 Å². The first-order valence-corrected chi connectivity index (χ1v) is 13.4. The zero-order chi connectivity index (χ0) is 26.9. The van der Waals surface area contributed by atoms with Crippen molar-refractivity contribution in [2.75, 3.05) is 6.61 Å². The average Bonchev–Trinajstić information content (AvgIpc) is 3.28. The van der Waals surface area contributed by atoms with E-state index in [2.05, 4.69) is 16.6 Å². The molecule has 1 aliphatic carbocycles. The van der Waals surface area contributed by atoms with Crippen molar-refractivity contribution in [3.05, 3.63) is 82.9 Å². The molecule has 0 atom stereocenters. The number of nitrogens with zero attached hydrogens (tertiary/aromatic N) is 2. The summed E-state index contributed by atoms with van der Waals surface area (Å²) in [5.41, 5.74) is 4.99. The third-order valence-corrected chi connectivity index (χ3v) is 8.06. The maximum Gasteiger partial charge on any atom is 0.343 e. The summed E-state index contributed by atoms with van der Waals surface area (Å²) in [6, 6.07) is 19.6. The van der Waals surface area contributed by atoms with E-state index in [1.807, 2.05) is 74.5 Å². The van der Waals surface area contributed by atoms with Gasteiger partial charge in [0.15, 0.2) is 5.78 Å². The van der Waals surface area contributed by atoms with Gasteiger partial charge in [0.05, 0.1) is 17.7 Å². The first kappa shape index (κ1) is 25.9. The number of aromatic nitrogens is 1. The van der Waals surface area contributed by atoms with Crippen LogP contribution in [-0.4, -0.2) is 33.7 Å². The van der Waals surface area contributed by atoms with Gasteiger partial charge >= 0.3 is 5.97 Å². The van der Waals surface area contributed by atoms with Crippen LogP contribution in [0.3, 0.4) is 0 Å². The lowest BCUT2D eigenvalue weighted by Gasteiger charge is -2.31. The fourth-order valence-electron chi connectivity index (χ4n) is 5.71. The molecule has 1 N–H and O–H groups in total. The van der Waals surface area contributed by atoms with E-state index in [9.17, 15) is 14.7 Å². The van der Waals surface area contributed by atoms with Gasteiger partial charge in [-0.2, -0.15) is 0 Å². The first-order valence-electron chi connectivity index (χ1n) is 13.4. The predicted octanol–water partition coefficient (Wildman–Crippen LogP) is 6.56. The monoisotopic (exact) mass is 510 g/mol. The van der Waals surface area contributed by atoms with E-state index in [0.717, 1.165) is 58.7 Å². The quantitative estimate of drug-likeness (QED) is 0.132. The number of hydrogen-bond acceptors (Lipinski definition) is 5. The number of aliphatic hydroxyl groups excluding tert-OH is 1. The van der Waals surface area contributed by atoms with Crippen molar-refractivity contribution in [3.8, 4) is 0 Å². The van der Waals surface area contributed by atoms with Crippen molar-refractivity contribution in [1.29, 1.82) is 0 Å². The number of hydrogen-bond donors (Lipinski definition) is 1. The minimum atomic E-state index is -0.847. The van der Waals surface area contributed by atoms with Gasteiger partial charge in [0.2, 0.25) is 0 Å². The molecule has 0 bridgehead atoms. The number of benzene rings is 3. The third-order valence-electron chi connectivity index (χ3n) is 8.06. The van der Waals surface area contributed by atoms with Gasteiger partial charge in [-0.15, -0.1) is 0 Å². The van der Waals surface area contributed by atoms with Crippen LogP contribution in [0.5, 0.6) is 0 Å². The lowest BCUT2D eigenvalue weighted by molar-refractivity contribution is -0.161. The molecule has 0 spiro atoms. The maximum atomic E-state index is 13.3. The summed E-state index contributed by atoms with van der Waals surface area (Å²) in [5, 5.41) is 16.1. The summed E-state index contributed by atoms with van der Waals surface area (Å²) in [4.78, 5) is 31.5. The zero-order valence-corrected chi connectivity index (χ0v) is 22.3. The number of carbonyl (C=O) groups excluding carboxylic acids is 2. The van der Waals surface area contributed by atoms with Crippen molar-refractivity contribution >= 4 is 39.3 Å². The molecule has 6 heteroatoms. The molecule has 4 aromatic rings. The molecule has 1 fully saturated rings. The molecular weight excluding hydrogens is 476 g/mol. The standard InChI is InChI=1S/C32H34N2O4/c1-4-34-28-14-12-23(22(3)33-38-31(37)32(20-35)16-8-5-9-17-32)18-26(28)27-19-24(13-15-29(27)34)30(36)25-11-7-6-10-21(25)2/h6-7,10-15,18-19,35H,4-5,8-9,16-17,20H2,1-3H3. The van der Waals surface area contributed by atoms with Crippen LogP contribution >= 0.6 is 0 Å². The van der Waals surface area contributed by atoms with Crippen LogP contribution in [0.25, 0.3) is 21.8 Å². The molecular formula is C32H34N2O4. The van der Waals surface area contributed by atoms with E-state index < -0.39 is 11.4 Å². The number of aliphatic hydroxyl groups is 1. The Morgan fingerprint density at radius 2 is 1.58 bits per heavy atom. The number of rotatable bonds is 7. The third kappa shape index (κ3) is 4.54. The summed E-state index contributed by atoms with van der Waals surface area (Å²) >= 11 is 0. The zero-order valence-electron chi connectivity index (χ0n) is 22.3. The highest BCUT2D eigenvalue weighted by molar-refractivity contribution is 6.16. The highest BCUT2D eigenvalue weighted by atomic mass is 16.7. The topological polar surface area (TPSA) is 80.9 Å². The minimum absolute atomic E-state index is 0.00346. The Hall–Kier alpha value is -3.77. The Kier molecular flexibility index (Phi) is 7.17. The molecule has 196 valence electrons. The molecule has 1 aliphatic rings. The molecule has 6 nitrogen and oxygen atoms in total. The minimum Gasteiger partial charge on any atom is -0.395 e. The smallest absolute Gasteiger partial charge is 0.343 e. The Bertz CT molecular complexity index is 1560. The van der Waals surface area contributed by atoms with Crippen molar-refractivity contribution in [3.63, 3.8) is 0 Å². The van der Waals surface area contributed by atoms with Gasteiger partial charge in [0.25, 0.3) is 0 Å². The molecule has 0 aliphatic heterocycles. The van der Waals surface area contributed by atoms with Crippen LogP contribution < -0.4 is 0 Å². The van der Waals surface area contributed by atoms with E-state index in [-0.39, 0.29) is 12.4 Å². The fourth-order valence-corrected chi connectivity index (χ4v) is 5.71. The summed E-state index contributed by atoms with van der Waals surface area (Å²) in [5.74, 6) is -0.453. The highest BCUT2D eigenvalue weighted by Gasteiger charge is 2.41. The van der Waals surface area contributed by atoms with Gasteiger partial charge in [0.1, 0.15) is 0 Å². The molecule has 38 heavy (non-hydrogen) atoms. The molecule has 1 heterocycles. The Morgan fingerprint density at radius 3 is 2.21 bits per heavy atom. The second-order valence-electron chi connectivity index (χ2n) is 10.4. The Balaban J connectivity index is 1.51. The molecule has 5 rings (SSSR count). The SMILES string of the molecule is CCn1c2ccc(C(=O)c3ccccc3C)cc2c2cc(C(C)=NOC(=O)C3(CO)CCCCC3)ccc21. The van der Waals surface area contributed by atoms with E-state index >= 15 is 0 Å². The fraction of sp³-hybridized carbons (Fsp3) is 0.344. The molecule has 0 unspecified atom stereocenters. The second kappa shape index (κ2) is 10.5. The number of aryl methyl sites for hydroxylation is 2. The van der Waals surface area contributed by atoms with Crippen molar-refractivity contribution in [2.45, 2.75) is 59.4 Å². The highest BCUT2D eigenvalue weighted by Crippen LogP contribution is 2.37. The summed E-state index contributed by atoms with van der Waals surface area (Å²) in [6.07, 6.45) is 4.14. The van der Waals surface area contributed by atoms with Gasteiger partial charge in [-0.1, -0.05) is 54.8 Å². The normalized spacial score (nSPS) is 15.6. The van der Waals surface area contributed by atoms with Gasteiger partial charge < -0.3 is 14.5 Å². The molecule has 0 amide bonds. The lowest BCUT2D eigenvalue weighted by Crippen LogP contribution is -2.37. The molecule has 1 aromatic heterocycles. The van der Waals surface area contributed by atoms with Gasteiger partial charge in [-0.05, 0) is 75.1 Å². The first-order chi connectivity index (χ1) is 18.4. The number of fused-ring (bicyclic) bond motifs is 3. The number of ketones is 1. The van der Waals surface area contributed by atoms with Gasteiger partial charge in [-0.3, -0.25) is 4.79 Å². The lowest BCUT2D eigenvalue weighted by atomic mass is 9.75.